The largest absolute Gasteiger partial charge is 0.489 e. The number of nitrogens with zero attached hydrogens (tertiary/aromatic N) is 4. The molecule has 3 heterocycles. The van der Waals surface area contributed by atoms with Gasteiger partial charge in [0.15, 0.2) is 17.3 Å². The van der Waals surface area contributed by atoms with E-state index in [1.54, 1.807) is 12.4 Å². The molecule has 2 aromatic heterocycles. The molecule has 0 saturated carbocycles. The average molecular weight is 332 g/mol. The van der Waals surface area contributed by atoms with Crippen LogP contribution in [0.3, 0.4) is 0 Å². The zero-order valence-electron chi connectivity index (χ0n) is 13.4. The summed E-state index contributed by atoms with van der Waals surface area (Å²) in [5.74, 6) is 0.807. The molecule has 0 aromatic carbocycles. The molecule has 1 fully saturated rings. The van der Waals surface area contributed by atoms with Gasteiger partial charge in [-0.2, -0.15) is 0 Å². The van der Waals surface area contributed by atoms with Gasteiger partial charge in [-0.05, 0) is 32.0 Å². The highest BCUT2D eigenvalue weighted by Gasteiger charge is 2.15. The molecular weight excluding hydrogens is 312 g/mol. The fraction of sp³-hybridized carbons (Fsp3) is 0.500. The van der Waals surface area contributed by atoms with E-state index in [0.717, 1.165) is 19.6 Å². The normalized spacial score (nSPS) is 15.8. The average Bonchev–Trinajstić information content (AvgIpc) is 2.95. The van der Waals surface area contributed by atoms with Gasteiger partial charge in [-0.1, -0.05) is 12.8 Å². The van der Waals surface area contributed by atoms with E-state index in [4.69, 9.17) is 9.15 Å². The van der Waals surface area contributed by atoms with Crippen LogP contribution in [0.5, 0.6) is 5.75 Å². The summed E-state index contributed by atoms with van der Waals surface area (Å²) in [7, 11) is 0. The number of likely N-dealkylation sites (tertiary alicyclic amines) is 1. The Morgan fingerprint density at radius 1 is 1.17 bits per heavy atom. The third-order valence-electron chi connectivity index (χ3n) is 4.00. The van der Waals surface area contributed by atoms with Gasteiger partial charge in [-0.15, -0.1) is 0 Å². The number of hydrogen-bond donors (Lipinski definition) is 0. The summed E-state index contributed by atoms with van der Waals surface area (Å²) in [4.78, 5) is 20.7. The van der Waals surface area contributed by atoms with Crippen molar-refractivity contribution >= 4 is 5.88 Å². The predicted molar refractivity (Wildman–Crippen MR) is 86.8 cm³/mol. The quantitative estimate of drug-likeness (QED) is 0.593. The van der Waals surface area contributed by atoms with Crippen LogP contribution in [0.4, 0.5) is 5.88 Å². The molecule has 0 bridgehead atoms. The molecule has 0 amide bonds. The number of aromatic nitrogens is 2. The monoisotopic (exact) mass is 332 g/mol. The van der Waals surface area contributed by atoms with Gasteiger partial charge < -0.3 is 9.15 Å². The van der Waals surface area contributed by atoms with Crippen molar-refractivity contribution in [3.63, 3.8) is 0 Å². The van der Waals surface area contributed by atoms with E-state index in [-0.39, 0.29) is 11.6 Å². The number of furan rings is 1. The van der Waals surface area contributed by atoms with Crippen LogP contribution in [0.1, 0.15) is 25.7 Å². The Morgan fingerprint density at radius 2 is 1.88 bits per heavy atom. The first-order valence-electron chi connectivity index (χ1n) is 8.14. The highest BCUT2D eigenvalue weighted by atomic mass is 16.6. The summed E-state index contributed by atoms with van der Waals surface area (Å²) in [6.45, 7) is 3.76. The standard InChI is InChI=1S/C16H20N4O4/c21-20(22)15-6-5-14(24-15)16-17-11-13(12-18-16)23-10-9-19-7-3-1-2-4-8-19/h5-6,11-12H,1-4,7-10H2. The molecule has 24 heavy (non-hydrogen) atoms. The molecule has 0 spiro atoms. The number of nitro groups is 1. The lowest BCUT2D eigenvalue weighted by Crippen LogP contribution is -2.29. The van der Waals surface area contributed by atoms with Crippen molar-refractivity contribution in [2.45, 2.75) is 25.7 Å². The van der Waals surface area contributed by atoms with Crippen LogP contribution >= 0.6 is 0 Å². The maximum Gasteiger partial charge on any atom is 0.433 e. The van der Waals surface area contributed by atoms with Crippen molar-refractivity contribution in [2.24, 2.45) is 0 Å². The molecule has 1 aliphatic heterocycles. The SMILES string of the molecule is O=[N+]([O-])c1ccc(-c2ncc(OCCN3CCCCCC3)cn2)o1. The van der Waals surface area contributed by atoms with Crippen molar-refractivity contribution < 1.29 is 14.1 Å². The molecule has 1 aliphatic rings. The summed E-state index contributed by atoms with van der Waals surface area (Å²) in [5.41, 5.74) is 0. The van der Waals surface area contributed by atoms with Crippen LogP contribution in [0, 0.1) is 10.1 Å². The van der Waals surface area contributed by atoms with E-state index in [1.807, 2.05) is 0 Å². The number of hydrogen-bond acceptors (Lipinski definition) is 7. The lowest BCUT2D eigenvalue weighted by atomic mass is 10.2. The van der Waals surface area contributed by atoms with Gasteiger partial charge in [-0.3, -0.25) is 15.0 Å². The lowest BCUT2D eigenvalue weighted by molar-refractivity contribution is -0.401. The van der Waals surface area contributed by atoms with E-state index >= 15 is 0 Å². The van der Waals surface area contributed by atoms with E-state index in [2.05, 4.69) is 14.9 Å². The van der Waals surface area contributed by atoms with E-state index < -0.39 is 4.92 Å². The molecule has 1 saturated heterocycles. The Kier molecular flexibility index (Phi) is 5.37. The second-order valence-corrected chi connectivity index (χ2v) is 5.74. The lowest BCUT2D eigenvalue weighted by Gasteiger charge is -2.19. The highest BCUT2D eigenvalue weighted by Crippen LogP contribution is 2.23. The molecule has 0 N–H and O–H groups in total. The maximum absolute atomic E-state index is 10.6. The van der Waals surface area contributed by atoms with Crippen LogP contribution in [0.25, 0.3) is 11.6 Å². The van der Waals surface area contributed by atoms with Gasteiger partial charge >= 0.3 is 5.88 Å². The first-order valence-corrected chi connectivity index (χ1v) is 8.14. The van der Waals surface area contributed by atoms with Crippen LogP contribution in [-0.4, -0.2) is 46.0 Å². The molecule has 128 valence electrons. The van der Waals surface area contributed by atoms with Gasteiger partial charge in [0, 0.05) is 6.54 Å². The molecule has 0 aliphatic carbocycles. The van der Waals surface area contributed by atoms with Crippen LogP contribution < -0.4 is 4.74 Å². The zero-order valence-corrected chi connectivity index (χ0v) is 13.4. The molecule has 3 rings (SSSR count). The van der Waals surface area contributed by atoms with Crippen molar-refractivity contribution in [1.82, 2.24) is 14.9 Å². The minimum atomic E-state index is -0.593. The van der Waals surface area contributed by atoms with Gasteiger partial charge in [0.05, 0.1) is 18.5 Å². The zero-order chi connectivity index (χ0) is 16.8. The van der Waals surface area contributed by atoms with Crippen LogP contribution in [0.2, 0.25) is 0 Å². The van der Waals surface area contributed by atoms with Crippen molar-refractivity contribution in [1.29, 1.82) is 0 Å². The summed E-state index contributed by atoms with van der Waals surface area (Å²) >= 11 is 0. The Labute approximate surface area is 139 Å². The minimum absolute atomic E-state index is 0.262. The van der Waals surface area contributed by atoms with Gasteiger partial charge in [0.2, 0.25) is 0 Å². The Hall–Kier alpha value is -2.48. The highest BCUT2D eigenvalue weighted by molar-refractivity contribution is 5.48. The third-order valence-corrected chi connectivity index (χ3v) is 4.00. The molecule has 2 aromatic rings. The maximum atomic E-state index is 10.6. The molecule has 0 atom stereocenters. The van der Waals surface area contributed by atoms with Gasteiger partial charge in [-0.25, -0.2) is 9.97 Å². The first kappa shape index (κ1) is 16.4. The first-order chi connectivity index (χ1) is 11.7. The van der Waals surface area contributed by atoms with Crippen molar-refractivity contribution in [2.75, 3.05) is 26.2 Å². The molecular formula is C16H20N4O4. The van der Waals surface area contributed by atoms with Crippen molar-refractivity contribution in [3.8, 4) is 17.3 Å². The fourth-order valence-corrected chi connectivity index (χ4v) is 2.72. The Bertz CT molecular complexity index is 663. The second-order valence-electron chi connectivity index (χ2n) is 5.74. The van der Waals surface area contributed by atoms with Crippen LogP contribution in [0.15, 0.2) is 28.9 Å². The molecule has 0 radical (unpaired) electrons. The number of ether oxygens (including phenoxy) is 1. The molecule has 8 heteroatoms. The van der Waals surface area contributed by atoms with E-state index in [1.165, 1.54) is 37.8 Å². The fourth-order valence-electron chi connectivity index (χ4n) is 2.72. The topological polar surface area (TPSA) is 94.5 Å². The van der Waals surface area contributed by atoms with Crippen LogP contribution in [-0.2, 0) is 0 Å². The Morgan fingerprint density at radius 3 is 2.50 bits per heavy atom. The number of rotatable bonds is 6. The predicted octanol–water partition coefficient (Wildman–Crippen LogP) is 2.90. The summed E-state index contributed by atoms with van der Waals surface area (Å²) in [5, 5.41) is 10.6. The third kappa shape index (κ3) is 4.29. The van der Waals surface area contributed by atoms with Gasteiger partial charge in [0.25, 0.3) is 0 Å². The molecule has 8 nitrogen and oxygen atoms in total. The smallest absolute Gasteiger partial charge is 0.433 e. The van der Waals surface area contributed by atoms with Gasteiger partial charge in [0.1, 0.15) is 11.5 Å². The second kappa shape index (κ2) is 7.87. The summed E-state index contributed by atoms with van der Waals surface area (Å²) < 4.78 is 10.8. The summed E-state index contributed by atoms with van der Waals surface area (Å²) in [6.07, 6.45) is 8.26. The minimum Gasteiger partial charge on any atom is -0.489 e. The molecule has 0 unspecified atom stereocenters. The van der Waals surface area contributed by atoms with E-state index in [0.29, 0.717) is 18.2 Å². The van der Waals surface area contributed by atoms with Crippen molar-refractivity contribution in [3.05, 3.63) is 34.6 Å². The Balaban J connectivity index is 1.51. The van der Waals surface area contributed by atoms with E-state index in [9.17, 15) is 10.1 Å². The summed E-state index contributed by atoms with van der Waals surface area (Å²) in [6, 6.07) is 2.76.